The van der Waals surface area contributed by atoms with Crippen molar-refractivity contribution < 1.29 is 13.2 Å². The first-order valence-electron chi connectivity index (χ1n) is 7.71. The third-order valence-corrected chi connectivity index (χ3v) is 5.89. The molecule has 1 aliphatic rings. The predicted octanol–water partition coefficient (Wildman–Crippen LogP) is 3.86. The Balaban J connectivity index is 1.97. The van der Waals surface area contributed by atoms with Gasteiger partial charge in [0.2, 0.25) is 0 Å². The van der Waals surface area contributed by atoms with Crippen LogP contribution in [-0.2, 0) is 10.0 Å². The summed E-state index contributed by atoms with van der Waals surface area (Å²) in [6, 6.07) is 12.4. The lowest BCUT2D eigenvalue weighted by molar-refractivity contribution is 0.403. The van der Waals surface area contributed by atoms with Gasteiger partial charge < -0.3 is 9.64 Å². The van der Waals surface area contributed by atoms with Gasteiger partial charge in [0.1, 0.15) is 10.6 Å². The average Bonchev–Trinajstić information content (AvgIpc) is 3.09. The zero-order valence-corrected chi connectivity index (χ0v) is 15.7. The van der Waals surface area contributed by atoms with Gasteiger partial charge in [0.05, 0.1) is 18.5 Å². The van der Waals surface area contributed by atoms with Crippen LogP contribution in [0.4, 0.5) is 11.4 Å². The second-order valence-electron chi connectivity index (χ2n) is 5.61. The van der Waals surface area contributed by atoms with Gasteiger partial charge in [-0.3, -0.25) is 4.72 Å². The molecule has 1 saturated heterocycles. The molecule has 128 valence electrons. The Bertz CT molecular complexity index is 833. The van der Waals surface area contributed by atoms with E-state index in [4.69, 9.17) is 4.74 Å². The molecule has 3 rings (SSSR count). The van der Waals surface area contributed by atoms with Crippen molar-refractivity contribution in [2.45, 2.75) is 17.7 Å². The minimum atomic E-state index is -3.76. The summed E-state index contributed by atoms with van der Waals surface area (Å²) < 4.78 is 34.3. The first kappa shape index (κ1) is 17.1. The fraction of sp³-hybridized carbons (Fsp3) is 0.294. The van der Waals surface area contributed by atoms with E-state index in [2.05, 4.69) is 25.6 Å². The van der Waals surface area contributed by atoms with Gasteiger partial charge in [-0.1, -0.05) is 28.1 Å². The van der Waals surface area contributed by atoms with Gasteiger partial charge in [-0.15, -0.1) is 0 Å². The van der Waals surface area contributed by atoms with E-state index in [0.29, 0.717) is 15.9 Å². The van der Waals surface area contributed by atoms with Crippen LogP contribution in [0.2, 0.25) is 0 Å². The topological polar surface area (TPSA) is 58.6 Å². The standard InChI is InChI=1S/C17H19BrN2O3S/c1-23-16-9-8-13(18)12-17(16)24(21,22)19-14-6-2-3-7-15(14)20-10-4-5-11-20/h2-3,6-9,12,19H,4-5,10-11H2,1H3. The van der Waals surface area contributed by atoms with Crippen LogP contribution >= 0.6 is 15.9 Å². The number of halogens is 1. The van der Waals surface area contributed by atoms with Crippen LogP contribution < -0.4 is 14.4 Å². The Labute approximate surface area is 150 Å². The van der Waals surface area contributed by atoms with Crippen LogP contribution in [0.15, 0.2) is 51.8 Å². The molecular formula is C17H19BrN2O3S. The zero-order chi connectivity index (χ0) is 17.2. The Morgan fingerprint density at radius 3 is 2.54 bits per heavy atom. The highest BCUT2D eigenvalue weighted by atomic mass is 79.9. The number of nitrogens with one attached hydrogen (secondary N) is 1. The number of anilines is 2. The maximum Gasteiger partial charge on any atom is 0.265 e. The molecule has 0 aliphatic carbocycles. The summed E-state index contributed by atoms with van der Waals surface area (Å²) in [5.41, 5.74) is 1.49. The first-order chi connectivity index (χ1) is 11.5. The van der Waals surface area contributed by atoms with E-state index in [0.717, 1.165) is 31.6 Å². The summed E-state index contributed by atoms with van der Waals surface area (Å²) >= 11 is 3.32. The molecule has 0 unspecified atom stereocenters. The first-order valence-corrected chi connectivity index (χ1v) is 9.99. The fourth-order valence-electron chi connectivity index (χ4n) is 2.85. The van der Waals surface area contributed by atoms with Crippen molar-refractivity contribution in [2.24, 2.45) is 0 Å². The van der Waals surface area contributed by atoms with Gasteiger partial charge in [0.25, 0.3) is 10.0 Å². The predicted molar refractivity (Wildman–Crippen MR) is 99.4 cm³/mol. The molecule has 1 fully saturated rings. The van der Waals surface area contributed by atoms with Gasteiger partial charge in [-0.25, -0.2) is 8.42 Å². The summed E-state index contributed by atoms with van der Waals surface area (Å²) in [6.07, 6.45) is 2.25. The van der Waals surface area contributed by atoms with E-state index in [1.54, 1.807) is 24.3 Å². The van der Waals surface area contributed by atoms with Crippen molar-refractivity contribution >= 4 is 37.3 Å². The molecule has 1 aliphatic heterocycles. The molecule has 2 aromatic carbocycles. The number of hydrogen-bond donors (Lipinski definition) is 1. The van der Waals surface area contributed by atoms with Crippen molar-refractivity contribution in [3.05, 3.63) is 46.9 Å². The summed E-state index contributed by atoms with van der Waals surface area (Å²) in [5.74, 6) is 0.310. The molecule has 0 aromatic heterocycles. The molecule has 24 heavy (non-hydrogen) atoms. The molecule has 0 saturated carbocycles. The smallest absolute Gasteiger partial charge is 0.265 e. The zero-order valence-electron chi connectivity index (χ0n) is 13.3. The van der Waals surface area contributed by atoms with Gasteiger partial charge in [0.15, 0.2) is 0 Å². The van der Waals surface area contributed by atoms with E-state index >= 15 is 0 Å². The van der Waals surface area contributed by atoms with E-state index in [-0.39, 0.29) is 4.90 Å². The highest BCUT2D eigenvalue weighted by Crippen LogP contribution is 2.33. The lowest BCUT2D eigenvalue weighted by atomic mass is 10.2. The number of nitrogens with zero attached hydrogens (tertiary/aromatic N) is 1. The number of rotatable bonds is 5. The van der Waals surface area contributed by atoms with Crippen LogP contribution in [0, 0.1) is 0 Å². The Morgan fingerprint density at radius 1 is 1.12 bits per heavy atom. The highest BCUT2D eigenvalue weighted by Gasteiger charge is 2.23. The number of benzene rings is 2. The second kappa shape index (κ2) is 7.03. The molecule has 1 heterocycles. The Kier molecular flexibility index (Phi) is 5.01. The van der Waals surface area contributed by atoms with E-state index in [1.807, 2.05) is 18.2 Å². The number of para-hydroxylation sites is 2. The number of hydrogen-bond acceptors (Lipinski definition) is 4. The van der Waals surface area contributed by atoms with Crippen molar-refractivity contribution in [2.75, 3.05) is 29.8 Å². The van der Waals surface area contributed by atoms with Crippen LogP contribution in [0.1, 0.15) is 12.8 Å². The van der Waals surface area contributed by atoms with Gasteiger partial charge in [0, 0.05) is 17.6 Å². The van der Waals surface area contributed by atoms with Crippen LogP contribution in [0.5, 0.6) is 5.75 Å². The molecule has 5 nitrogen and oxygen atoms in total. The van der Waals surface area contributed by atoms with Crippen molar-refractivity contribution in [3.8, 4) is 5.75 Å². The molecule has 0 atom stereocenters. The highest BCUT2D eigenvalue weighted by molar-refractivity contribution is 9.10. The van der Waals surface area contributed by atoms with Crippen molar-refractivity contribution in [1.82, 2.24) is 0 Å². The minimum Gasteiger partial charge on any atom is -0.495 e. The van der Waals surface area contributed by atoms with Gasteiger partial charge in [-0.05, 0) is 43.2 Å². The summed E-state index contributed by atoms with van der Waals surface area (Å²) in [4.78, 5) is 2.31. The normalized spacial score (nSPS) is 14.7. The third-order valence-electron chi connectivity index (χ3n) is 4.01. The molecule has 0 spiro atoms. The summed E-state index contributed by atoms with van der Waals surface area (Å²) in [5, 5.41) is 0. The lowest BCUT2D eigenvalue weighted by Gasteiger charge is -2.22. The Hall–Kier alpha value is -1.73. The van der Waals surface area contributed by atoms with Crippen LogP contribution in [0.25, 0.3) is 0 Å². The van der Waals surface area contributed by atoms with Crippen LogP contribution in [0.3, 0.4) is 0 Å². The monoisotopic (exact) mass is 410 g/mol. The van der Waals surface area contributed by atoms with Crippen molar-refractivity contribution in [1.29, 1.82) is 0 Å². The fourth-order valence-corrected chi connectivity index (χ4v) is 4.64. The molecule has 0 amide bonds. The number of ether oxygens (including phenoxy) is 1. The Morgan fingerprint density at radius 2 is 1.83 bits per heavy atom. The van der Waals surface area contributed by atoms with E-state index in [1.165, 1.54) is 7.11 Å². The molecule has 0 bridgehead atoms. The number of methoxy groups -OCH3 is 1. The van der Waals surface area contributed by atoms with Crippen LogP contribution in [-0.4, -0.2) is 28.6 Å². The SMILES string of the molecule is COc1ccc(Br)cc1S(=O)(=O)Nc1ccccc1N1CCCC1. The quantitative estimate of drug-likeness (QED) is 0.812. The minimum absolute atomic E-state index is 0.107. The summed E-state index contributed by atoms with van der Waals surface area (Å²) in [7, 11) is -2.30. The molecule has 7 heteroatoms. The largest absolute Gasteiger partial charge is 0.495 e. The third kappa shape index (κ3) is 3.52. The molecule has 1 N–H and O–H groups in total. The van der Waals surface area contributed by atoms with E-state index < -0.39 is 10.0 Å². The average molecular weight is 411 g/mol. The van der Waals surface area contributed by atoms with E-state index in [9.17, 15) is 8.42 Å². The summed E-state index contributed by atoms with van der Waals surface area (Å²) in [6.45, 7) is 1.89. The van der Waals surface area contributed by atoms with Gasteiger partial charge >= 0.3 is 0 Å². The van der Waals surface area contributed by atoms with Gasteiger partial charge in [-0.2, -0.15) is 0 Å². The molecule has 2 aromatic rings. The maximum absolute atomic E-state index is 12.9. The molecule has 0 radical (unpaired) electrons. The number of sulfonamides is 1. The van der Waals surface area contributed by atoms with Crippen molar-refractivity contribution in [3.63, 3.8) is 0 Å². The lowest BCUT2D eigenvalue weighted by Crippen LogP contribution is -2.21. The maximum atomic E-state index is 12.9. The molecular weight excluding hydrogens is 392 g/mol. The second-order valence-corrected chi connectivity index (χ2v) is 8.18.